The molecule has 1 aliphatic heterocycles. The normalized spacial score (nSPS) is 14.0. The maximum atomic E-state index is 13.7. The number of piperazine rings is 1. The molecule has 0 bridgehead atoms. The molecule has 2 heterocycles. The average Bonchev–Trinajstić information content (AvgIpc) is 2.69. The molecule has 1 saturated heterocycles. The first-order valence-corrected chi connectivity index (χ1v) is 8.63. The van der Waals surface area contributed by atoms with Crippen LogP contribution in [0.25, 0.3) is 0 Å². The molecule has 7 nitrogen and oxygen atoms in total. The second-order valence-corrected chi connectivity index (χ2v) is 6.28. The van der Waals surface area contributed by atoms with Crippen molar-refractivity contribution in [1.82, 2.24) is 14.8 Å². The zero-order valence-electron chi connectivity index (χ0n) is 15.1. The predicted molar refractivity (Wildman–Crippen MR) is 96.7 cm³/mol. The van der Waals surface area contributed by atoms with Crippen molar-refractivity contribution in [1.29, 1.82) is 0 Å². The monoisotopic (exact) mass is 388 g/mol. The Hall–Kier alpha value is -3.36. The van der Waals surface area contributed by atoms with Gasteiger partial charge in [-0.1, -0.05) is 6.07 Å². The molecule has 3 rings (SSSR count). The van der Waals surface area contributed by atoms with Gasteiger partial charge < -0.3 is 15.1 Å². The van der Waals surface area contributed by atoms with Gasteiger partial charge in [0.1, 0.15) is 23.0 Å². The van der Waals surface area contributed by atoms with Crippen LogP contribution < -0.4 is 5.32 Å². The maximum absolute atomic E-state index is 13.7. The second kappa shape index (κ2) is 8.12. The molecular weight excluding hydrogens is 370 g/mol. The summed E-state index contributed by atoms with van der Waals surface area (Å²) >= 11 is 0. The van der Waals surface area contributed by atoms with Gasteiger partial charge in [0.05, 0.1) is 5.69 Å². The molecule has 0 spiro atoms. The lowest BCUT2D eigenvalue weighted by molar-refractivity contribution is -0.130. The van der Waals surface area contributed by atoms with E-state index in [1.807, 2.05) is 0 Å². The summed E-state index contributed by atoms with van der Waals surface area (Å²) in [7, 11) is 0. The molecule has 1 aromatic heterocycles. The van der Waals surface area contributed by atoms with E-state index in [4.69, 9.17) is 0 Å². The lowest BCUT2D eigenvalue weighted by Gasteiger charge is -2.34. The molecule has 1 N–H and O–H groups in total. The Morgan fingerprint density at radius 3 is 2.25 bits per heavy atom. The topological polar surface area (TPSA) is 82.6 Å². The Morgan fingerprint density at radius 2 is 1.61 bits per heavy atom. The summed E-state index contributed by atoms with van der Waals surface area (Å²) in [5.41, 5.74) is -0.189. The van der Waals surface area contributed by atoms with E-state index in [0.29, 0.717) is 32.2 Å². The lowest BCUT2D eigenvalue weighted by atomic mass is 10.2. The zero-order valence-corrected chi connectivity index (χ0v) is 15.1. The van der Waals surface area contributed by atoms with E-state index in [0.717, 1.165) is 12.1 Å². The number of carbonyl (C=O) groups is 3. The Labute approximate surface area is 160 Å². The third kappa shape index (κ3) is 4.30. The van der Waals surface area contributed by atoms with Gasteiger partial charge in [-0.3, -0.25) is 14.4 Å². The Balaban J connectivity index is 1.70. The largest absolute Gasteiger partial charge is 0.339 e. The van der Waals surface area contributed by atoms with Crippen LogP contribution in [0.5, 0.6) is 0 Å². The summed E-state index contributed by atoms with van der Waals surface area (Å²) in [6.45, 7) is 3.09. The van der Waals surface area contributed by atoms with Crippen LogP contribution in [0.3, 0.4) is 0 Å². The predicted octanol–water partition coefficient (Wildman–Crippen LogP) is 1.92. The smallest absolute Gasteiger partial charge is 0.274 e. The van der Waals surface area contributed by atoms with Crippen molar-refractivity contribution in [2.24, 2.45) is 0 Å². The summed E-state index contributed by atoms with van der Waals surface area (Å²) in [6, 6.07) is 7.15. The molecule has 0 aliphatic carbocycles. The molecule has 1 fully saturated rings. The fourth-order valence-corrected chi connectivity index (χ4v) is 2.84. The molecule has 0 atom stereocenters. The SMILES string of the molecule is CC(=O)N1CCN(C(=O)c2cccc(C(=O)Nc3ccc(F)cc3F)n2)CC1. The average molecular weight is 388 g/mol. The first kappa shape index (κ1) is 19.4. The number of nitrogens with one attached hydrogen (secondary N) is 1. The van der Waals surface area contributed by atoms with Crippen molar-refractivity contribution in [2.75, 3.05) is 31.5 Å². The number of anilines is 1. The van der Waals surface area contributed by atoms with Crippen LogP contribution in [0.1, 0.15) is 27.9 Å². The van der Waals surface area contributed by atoms with Gasteiger partial charge in [0.15, 0.2) is 0 Å². The molecule has 2 aromatic rings. The summed E-state index contributed by atoms with van der Waals surface area (Å²) in [4.78, 5) is 43.6. The van der Waals surface area contributed by atoms with Crippen LogP contribution in [-0.4, -0.2) is 58.7 Å². The molecule has 9 heteroatoms. The van der Waals surface area contributed by atoms with Crippen LogP contribution in [0.2, 0.25) is 0 Å². The van der Waals surface area contributed by atoms with Crippen molar-refractivity contribution in [3.8, 4) is 0 Å². The first-order chi connectivity index (χ1) is 13.3. The van der Waals surface area contributed by atoms with Gasteiger partial charge in [-0.25, -0.2) is 13.8 Å². The van der Waals surface area contributed by atoms with Crippen LogP contribution in [0, 0.1) is 11.6 Å². The van der Waals surface area contributed by atoms with Gasteiger partial charge in [0, 0.05) is 39.2 Å². The zero-order chi connectivity index (χ0) is 20.3. The van der Waals surface area contributed by atoms with Crippen LogP contribution in [0.4, 0.5) is 14.5 Å². The Morgan fingerprint density at radius 1 is 0.964 bits per heavy atom. The number of halogens is 2. The summed E-state index contributed by atoms with van der Waals surface area (Å²) < 4.78 is 26.7. The molecule has 146 valence electrons. The van der Waals surface area contributed by atoms with Crippen molar-refractivity contribution in [3.05, 3.63) is 59.4 Å². The summed E-state index contributed by atoms with van der Waals surface area (Å²) in [5.74, 6) is -2.79. The fourth-order valence-electron chi connectivity index (χ4n) is 2.84. The van der Waals surface area contributed by atoms with E-state index in [2.05, 4.69) is 10.3 Å². The van der Waals surface area contributed by atoms with Gasteiger partial charge >= 0.3 is 0 Å². The number of amides is 3. The number of pyridine rings is 1. The van der Waals surface area contributed by atoms with E-state index in [-0.39, 0.29) is 28.9 Å². The number of rotatable bonds is 3. The highest BCUT2D eigenvalue weighted by molar-refractivity contribution is 6.04. The molecule has 3 amide bonds. The minimum Gasteiger partial charge on any atom is -0.339 e. The standard InChI is InChI=1S/C19H18F2N4O3/c1-12(26)24-7-9-25(10-8-24)19(28)17-4-2-3-16(22-17)18(27)23-15-6-5-13(20)11-14(15)21/h2-6,11H,7-10H2,1H3,(H,23,27). The molecule has 28 heavy (non-hydrogen) atoms. The third-order valence-electron chi connectivity index (χ3n) is 4.39. The summed E-state index contributed by atoms with van der Waals surface area (Å²) in [5, 5.41) is 2.31. The minimum absolute atomic E-state index is 0.0445. The minimum atomic E-state index is -0.913. The van der Waals surface area contributed by atoms with Crippen LogP contribution in [-0.2, 0) is 4.79 Å². The molecule has 0 radical (unpaired) electrons. The van der Waals surface area contributed by atoms with Gasteiger partial charge in [0.2, 0.25) is 5.91 Å². The number of carbonyl (C=O) groups excluding carboxylic acids is 3. The van der Waals surface area contributed by atoms with E-state index in [1.165, 1.54) is 25.1 Å². The highest BCUT2D eigenvalue weighted by atomic mass is 19.1. The second-order valence-electron chi connectivity index (χ2n) is 6.28. The Bertz CT molecular complexity index is 927. The highest BCUT2D eigenvalue weighted by Crippen LogP contribution is 2.16. The number of hydrogen-bond acceptors (Lipinski definition) is 4. The molecule has 1 aromatic carbocycles. The molecule has 1 aliphatic rings. The number of benzene rings is 1. The quantitative estimate of drug-likeness (QED) is 0.871. The van der Waals surface area contributed by atoms with E-state index in [9.17, 15) is 23.2 Å². The van der Waals surface area contributed by atoms with Crippen molar-refractivity contribution < 1.29 is 23.2 Å². The number of nitrogens with zero attached hydrogens (tertiary/aromatic N) is 3. The van der Waals surface area contributed by atoms with E-state index >= 15 is 0 Å². The van der Waals surface area contributed by atoms with E-state index < -0.39 is 17.5 Å². The van der Waals surface area contributed by atoms with Crippen molar-refractivity contribution in [3.63, 3.8) is 0 Å². The van der Waals surface area contributed by atoms with Crippen LogP contribution >= 0.6 is 0 Å². The maximum Gasteiger partial charge on any atom is 0.274 e. The van der Waals surface area contributed by atoms with Gasteiger partial charge in [0.25, 0.3) is 11.8 Å². The van der Waals surface area contributed by atoms with Gasteiger partial charge in [-0.2, -0.15) is 0 Å². The van der Waals surface area contributed by atoms with E-state index in [1.54, 1.807) is 9.80 Å². The highest BCUT2D eigenvalue weighted by Gasteiger charge is 2.24. The fraction of sp³-hybridized carbons (Fsp3) is 0.263. The molecular formula is C19H18F2N4O3. The number of aromatic nitrogens is 1. The Kier molecular flexibility index (Phi) is 5.62. The summed E-state index contributed by atoms with van der Waals surface area (Å²) in [6.07, 6.45) is 0. The molecule has 0 unspecified atom stereocenters. The lowest BCUT2D eigenvalue weighted by Crippen LogP contribution is -2.50. The third-order valence-corrected chi connectivity index (χ3v) is 4.39. The van der Waals surface area contributed by atoms with Crippen LogP contribution in [0.15, 0.2) is 36.4 Å². The first-order valence-electron chi connectivity index (χ1n) is 8.63. The number of hydrogen-bond donors (Lipinski definition) is 1. The van der Waals surface area contributed by atoms with Gasteiger partial charge in [-0.05, 0) is 24.3 Å². The van der Waals surface area contributed by atoms with Crippen molar-refractivity contribution in [2.45, 2.75) is 6.92 Å². The van der Waals surface area contributed by atoms with Crippen molar-refractivity contribution >= 4 is 23.4 Å². The molecule has 0 saturated carbocycles. The van der Waals surface area contributed by atoms with Gasteiger partial charge in [-0.15, -0.1) is 0 Å².